The molecule has 2 heteroatoms. The van der Waals surface area contributed by atoms with Crippen LogP contribution in [0.15, 0.2) is 0 Å². The first-order valence-corrected chi connectivity index (χ1v) is 6.14. The molecule has 0 aromatic carbocycles. The van der Waals surface area contributed by atoms with Gasteiger partial charge in [0.15, 0.2) is 0 Å². The van der Waals surface area contributed by atoms with Crippen LogP contribution in [-0.4, -0.2) is 18.2 Å². The first kappa shape index (κ1) is 12.0. The molecule has 2 N–H and O–H groups in total. The van der Waals surface area contributed by atoms with Crippen molar-refractivity contribution in [3.8, 4) is 0 Å². The van der Waals surface area contributed by atoms with Crippen molar-refractivity contribution in [2.45, 2.75) is 70.4 Å². The quantitative estimate of drug-likeness (QED) is 0.707. The second-order valence-electron chi connectivity index (χ2n) is 4.43. The fourth-order valence-corrected chi connectivity index (χ4v) is 2.61. The predicted octanol–water partition coefficient (Wildman–Crippen LogP) is 2.85. The van der Waals surface area contributed by atoms with Crippen LogP contribution < -0.4 is 5.73 Å². The smallest absolute Gasteiger partial charge is 0.0832 e. The number of nitrogens with two attached hydrogens (primary N) is 1. The summed E-state index contributed by atoms with van der Waals surface area (Å²) in [6.07, 6.45) is 8.63. The molecule has 1 saturated carbocycles. The Balaban J connectivity index is 2.66. The van der Waals surface area contributed by atoms with Gasteiger partial charge in [-0.25, -0.2) is 0 Å². The second-order valence-corrected chi connectivity index (χ2v) is 4.43. The van der Waals surface area contributed by atoms with Crippen molar-refractivity contribution in [3.63, 3.8) is 0 Å². The van der Waals surface area contributed by atoms with Crippen LogP contribution in [0.2, 0.25) is 0 Å². The minimum absolute atomic E-state index is 0. The summed E-state index contributed by atoms with van der Waals surface area (Å²) in [7, 11) is 0. The number of hydrogen-bond acceptors (Lipinski definition) is 2. The van der Waals surface area contributed by atoms with Gasteiger partial charge in [0.25, 0.3) is 0 Å². The maximum Gasteiger partial charge on any atom is 0.0832 e. The highest BCUT2D eigenvalue weighted by atomic mass is 16.5. The second kappa shape index (κ2) is 5.72. The predicted molar refractivity (Wildman–Crippen MR) is 60.3 cm³/mol. The lowest BCUT2D eigenvalue weighted by molar-refractivity contribution is -0.0691. The van der Waals surface area contributed by atoms with Crippen LogP contribution in [0.5, 0.6) is 0 Å². The molecule has 1 rings (SSSR count). The van der Waals surface area contributed by atoms with Crippen LogP contribution in [0, 0.1) is 0 Å². The minimum Gasteiger partial charge on any atom is -0.374 e. The van der Waals surface area contributed by atoms with E-state index in [4.69, 9.17) is 10.5 Å². The van der Waals surface area contributed by atoms with Gasteiger partial charge in [-0.2, -0.15) is 0 Å². The van der Waals surface area contributed by atoms with Crippen molar-refractivity contribution >= 4 is 0 Å². The van der Waals surface area contributed by atoms with Gasteiger partial charge in [0, 0.05) is 12.6 Å². The molecule has 0 amide bonds. The Labute approximate surface area is 88.2 Å². The fourth-order valence-electron chi connectivity index (χ4n) is 2.61. The highest BCUT2D eigenvalue weighted by molar-refractivity contribution is 4.92. The molecule has 1 fully saturated rings. The van der Waals surface area contributed by atoms with Crippen molar-refractivity contribution in [1.82, 2.24) is 0 Å². The zero-order valence-electron chi connectivity index (χ0n) is 9.72. The molecule has 0 unspecified atom stereocenters. The summed E-state index contributed by atoms with van der Waals surface area (Å²) >= 11 is 0. The van der Waals surface area contributed by atoms with E-state index in [1.165, 1.54) is 25.7 Å². The zero-order valence-corrected chi connectivity index (χ0v) is 9.72. The number of rotatable bonds is 4. The number of ether oxygens (including phenoxy) is 1. The van der Waals surface area contributed by atoms with Gasteiger partial charge in [0.1, 0.15) is 0 Å². The van der Waals surface area contributed by atoms with E-state index in [2.05, 4.69) is 13.8 Å². The summed E-state index contributed by atoms with van der Waals surface area (Å²) < 4.78 is 5.98. The lowest BCUT2D eigenvalue weighted by Gasteiger charge is -2.37. The average Bonchev–Trinajstić information content (AvgIpc) is 2.44. The molecule has 0 radical (unpaired) electrons. The molecule has 0 spiro atoms. The summed E-state index contributed by atoms with van der Waals surface area (Å²) in [4.78, 5) is 0. The summed E-state index contributed by atoms with van der Waals surface area (Å²) in [5.41, 5.74) is 6.21. The molecular weight excluding hydrogens is 174 g/mol. The van der Waals surface area contributed by atoms with E-state index in [0.29, 0.717) is 0 Å². The van der Waals surface area contributed by atoms with Crippen molar-refractivity contribution < 1.29 is 4.74 Å². The van der Waals surface area contributed by atoms with Gasteiger partial charge >= 0.3 is 0 Å². The molecule has 0 aromatic heterocycles. The van der Waals surface area contributed by atoms with Crippen molar-refractivity contribution in [2.75, 3.05) is 6.61 Å². The Morgan fingerprint density at radius 1 is 1.14 bits per heavy atom. The van der Waals surface area contributed by atoms with Gasteiger partial charge in [0.2, 0.25) is 0 Å². The molecule has 0 heterocycles. The van der Waals surface area contributed by atoms with Crippen LogP contribution >= 0.6 is 0 Å². The molecule has 14 heavy (non-hydrogen) atoms. The van der Waals surface area contributed by atoms with Crippen LogP contribution in [0.3, 0.4) is 0 Å². The maximum atomic E-state index is 6.21. The highest BCUT2D eigenvalue weighted by Gasteiger charge is 2.36. The Morgan fingerprint density at radius 3 is 2.14 bits per heavy atom. The standard InChI is InChI=1S/C12H25NO/c1-3-11(13)12(14-4-2)9-7-5-6-8-10-12/h11H,3-10,13H2,1-2H3/t11-/m0/s1. The highest BCUT2D eigenvalue weighted by Crippen LogP contribution is 2.33. The molecule has 1 aliphatic carbocycles. The molecule has 1 aliphatic rings. The molecule has 84 valence electrons. The van der Waals surface area contributed by atoms with E-state index in [0.717, 1.165) is 25.9 Å². The lowest BCUT2D eigenvalue weighted by atomic mass is 9.85. The molecule has 0 bridgehead atoms. The summed E-state index contributed by atoms with van der Waals surface area (Å²) in [6, 6.07) is 0.223. The Hall–Kier alpha value is -0.0800. The van der Waals surface area contributed by atoms with E-state index >= 15 is 0 Å². The SMILES string of the molecule is CCOC1([C@@H](N)CC)CCCCCC1. The van der Waals surface area contributed by atoms with Crippen LogP contribution in [0.1, 0.15) is 58.8 Å². The molecule has 0 aromatic rings. The molecule has 2 nitrogen and oxygen atoms in total. The fraction of sp³-hybridized carbons (Fsp3) is 1.00. The van der Waals surface area contributed by atoms with E-state index in [9.17, 15) is 0 Å². The van der Waals surface area contributed by atoms with Crippen molar-refractivity contribution in [1.29, 1.82) is 0 Å². The summed E-state index contributed by atoms with van der Waals surface area (Å²) in [5.74, 6) is 0. The minimum atomic E-state index is 0. The third-order valence-corrected chi connectivity index (χ3v) is 3.50. The molecule has 1 atom stereocenters. The van der Waals surface area contributed by atoms with Crippen LogP contribution in [-0.2, 0) is 4.74 Å². The van der Waals surface area contributed by atoms with Crippen LogP contribution in [0.4, 0.5) is 0 Å². The monoisotopic (exact) mass is 199 g/mol. The third-order valence-electron chi connectivity index (χ3n) is 3.50. The third kappa shape index (κ3) is 2.71. The topological polar surface area (TPSA) is 35.2 Å². The van der Waals surface area contributed by atoms with Crippen molar-refractivity contribution in [2.24, 2.45) is 5.73 Å². The zero-order chi connectivity index (χ0) is 10.4. The van der Waals surface area contributed by atoms with Gasteiger partial charge in [-0.15, -0.1) is 0 Å². The van der Waals surface area contributed by atoms with E-state index in [1.54, 1.807) is 0 Å². The normalized spacial score (nSPS) is 24.2. The maximum absolute atomic E-state index is 6.21. The van der Waals surface area contributed by atoms with E-state index in [-0.39, 0.29) is 11.6 Å². The molecule has 0 saturated heterocycles. The van der Waals surface area contributed by atoms with Gasteiger partial charge < -0.3 is 10.5 Å². The first-order valence-electron chi connectivity index (χ1n) is 6.14. The molecule has 0 aliphatic heterocycles. The van der Waals surface area contributed by atoms with Gasteiger partial charge in [0.05, 0.1) is 5.60 Å². The Kier molecular flexibility index (Phi) is 4.90. The largest absolute Gasteiger partial charge is 0.374 e. The van der Waals surface area contributed by atoms with Gasteiger partial charge in [-0.3, -0.25) is 0 Å². The van der Waals surface area contributed by atoms with Crippen LogP contribution in [0.25, 0.3) is 0 Å². The van der Waals surface area contributed by atoms with E-state index in [1.807, 2.05) is 0 Å². The van der Waals surface area contributed by atoms with Crippen molar-refractivity contribution in [3.05, 3.63) is 0 Å². The summed E-state index contributed by atoms with van der Waals surface area (Å²) in [6.45, 7) is 5.04. The first-order chi connectivity index (χ1) is 6.75. The van der Waals surface area contributed by atoms with Gasteiger partial charge in [-0.1, -0.05) is 32.6 Å². The molecular formula is C12H25NO. The summed E-state index contributed by atoms with van der Waals surface area (Å²) in [5, 5.41) is 0. The lowest BCUT2D eigenvalue weighted by Crippen LogP contribution is -2.49. The Morgan fingerprint density at radius 2 is 1.71 bits per heavy atom. The Bertz CT molecular complexity index is 150. The van der Waals surface area contributed by atoms with E-state index < -0.39 is 0 Å². The number of hydrogen-bond donors (Lipinski definition) is 1. The average molecular weight is 199 g/mol. The van der Waals surface area contributed by atoms with Gasteiger partial charge in [-0.05, 0) is 26.2 Å².